The Hall–Kier alpha value is 1.85. The molecule has 0 unspecified atom stereocenters. The molecule has 5 heteroatoms. The predicted molar refractivity (Wildman–Crippen MR) is 10.6 cm³/mol. The van der Waals surface area contributed by atoms with Crippen LogP contribution in [0.15, 0.2) is 0 Å². The van der Waals surface area contributed by atoms with Gasteiger partial charge in [-0.05, 0) is 0 Å². The van der Waals surface area contributed by atoms with Crippen molar-refractivity contribution in [2.24, 2.45) is 0 Å². The van der Waals surface area contributed by atoms with E-state index in [-0.39, 0.29) is 48.9 Å². The van der Waals surface area contributed by atoms with E-state index < -0.39 is 21.8 Å². The summed E-state index contributed by atoms with van der Waals surface area (Å²) in [6, 6.07) is 0. The molecule has 0 bridgehead atoms. The molecule has 0 saturated heterocycles. The average molecular weight is 279 g/mol. The molecule has 0 fully saturated rings. The molecule has 0 N–H and O–H groups in total. The van der Waals surface area contributed by atoms with E-state index in [4.69, 9.17) is 8.44 Å². The Labute approximate surface area is 77.2 Å². The topological polar surface area (TPSA) is 51.2 Å². The summed E-state index contributed by atoms with van der Waals surface area (Å²) in [7, 11) is 0. The summed E-state index contributed by atoms with van der Waals surface area (Å²) < 4.78 is 25.8. The first-order chi connectivity index (χ1) is 1.73. The summed E-state index contributed by atoms with van der Waals surface area (Å²) in [5, 5.41) is 0. The third-order valence-corrected chi connectivity index (χ3v) is 0. The zero-order valence-electron chi connectivity index (χ0n) is 1.72. The number of hydrogen-bond acceptors (Lipinski definition) is 3. The molecule has 26 valence electrons. The predicted octanol–water partition coefficient (Wildman–Crippen LogP) is -1.28. The molecule has 0 heterocycles. The van der Waals surface area contributed by atoms with Crippen LogP contribution >= 0.6 is 0 Å². The van der Waals surface area contributed by atoms with Crippen LogP contribution in [0.3, 0.4) is 0 Å². The zero-order chi connectivity index (χ0) is 3.58. The van der Waals surface area contributed by atoms with Gasteiger partial charge in [0.05, 0.1) is 0 Å². The van der Waals surface area contributed by atoms with Crippen molar-refractivity contribution in [1.82, 2.24) is 0 Å². The quantitative estimate of drug-likeness (QED) is 0.519. The van der Waals surface area contributed by atoms with Gasteiger partial charge >= 0.3 is 79.1 Å². The van der Waals surface area contributed by atoms with Crippen LogP contribution in [-0.4, -0.2) is 48.9 Å². The van der Waals surface area contributed by atoms with Crippen LogP contribution in [0.4, 0.5) is 0 Å². The van der Waals surface area contributed by atoms with Crippen LogP contribution in [0.2, 0.25) is 0 Å². The monoisotopic (exact) mass is 278 g/mol. The average Bonchev–Trinajstić information content (AvgIpc) is 0.811. The first kappa shape index (κ1) is 9.97. The molecule has 0 rings (SSSR count). The van der Waals surface area contributed by atoms with Crippen LogP contribution in [0.1, 0.15) is 0 Å². The van der Waals surface area contributed by atoms with Crippen molar-refractivity contribution in [2.75, 3.05) is 0 Å². The van der Waals surface area contributed by atoms with Gasteiger partial charge in [0.1, 0.15) is 0 Å². The fourth-order valence-electron chi connectivity index (χ4n) is 0. The Morgan fingerprint density at radius 2 is 1.00 bits per heavy atom. The van der Waals surface area contributed by atoms with Crippen LogP contribution in [-0.2, 0) is 30.2 Å². The van der Waals surface area contributed by atoms with Crippen LogP contribution in [0.5, 0.6) is 0 Å². The van der Waals surface area contributed by atoms with Crippen molar-refractivity contribution in [3.8, 4) is 0 Å². The first-order valence-corrected chi connectivity index (χ1v) is 3.62. The number of rotatable bonds is 0. The van der Waals surface area contributed by atoms with Gasteiger partial charge in [-0.3, -0.25) is 0 Å². The second-order valence-corrected chi connectivity index (χ2v) is 1.48. The zero-order valence-corrected chi connectivity index (χ0v) is 4.18. The van der Waals surface area contributed by atoms with Gasteiger partial charge in [0.2, 0.25) is 0 Å². The van der Waals surface area contributed by atoms with Gasteiger partial charge in [-0.25, -0.2) is 0 Å². The molecule has 0 saturated carbocycles. The fraction of sp³-hybridized carbons (Fsp3) is 0. The second kappa shape index (κ2) is 5.85. The SMILES string of the molecule is [BaH2].[O]=[Zr](=[O])=[O]. The Bertz CT molecular complexity index is 76.3. The van der Waals surface area contributed by atoms with Gasteiger partial charge in [-0.2, -0.15) is 0 Å². The Morgan fingerprint density at radius 1 is 1.00 bits per heavy atom. The Morgan fingerprint density at radius 3 is 1.00 bits per heavy atom. The standard InChI is InChI=1S/Ba.3O.Zr.2H. The number of hydrogen-bond donors (Lipinski definition) is 0. The molecule has 0 atom stereocenters. The minimum absolute atomic E-state index is 0. The van der Waals surface area contributed by atoms with Crippen LogP contribution in [0.25, 0.3) is 0 Å². The van der Waals surface area contributed by atoms with E-state index in [2.05, 4.69) is 0 Å². The van der Waals surface area contributed by atoms with Gasteiger partial charge in [-0.15, -0.1) is 0 Å². The van der Waals surface area contributed by atoms with E-state index in [1.807, 2.05) is 0 Å². The molecule has 0 aliphatic carbocycles. The molecule has 0 radical (unpaired) electrons. The maximum absolute atomic E-state index is 8.61. The molecule has 0 aromatic heterocycles. The van der Waals surface area contributed by atoms with Crippen molar-refractivity contribution < 1.29 is 30.2 Å². The maximum atomic E-state index is 8.61. The molecule has 0 amide bonds. The first-order valence-electron chi connectivity index (χ1n) is 0.612. The van der Waals surface area contributed by atoms with E-state index in [1.54, 1.807) is 0 Å². The summed E-state index contributed by atoms with van der Waals surface area (Å²) in [5.74, 6) is 0. The minimum atomic E-state index is -4.29. The van der Waals surface area contributed by atoms with Crippen molar-refractivity contribution in [3.63, 3.8) is 0 Å². The molecular formula is H2BaO3Zr. The van der Waals surface area contributed by atoms with Gasteiger partial charge in [0, 0.05) is 0 Å². The summed E-state index contributed by atoms with van der Waals surface area (Å²) in [6.45, 7) is 0. The van der Waals surface area contributed by atoms with Gasteiger partial charge in [-0.1, -0.05) is 0 Å². The van der Waals surface area contributed by atoms with Crippen molar-refractivity contribution in [2.45, 2.75) is 0 Å². The van der Waals surface area contributed by atoms with Gasteiger partial charge in [0.25, 0.3) is 0 Å². The van der Waals surface area contributed by atoms with E-state index in [1.165, 1.54) is 0 Å². The summed E-state index contributed by atoms with van der Waals surface area (Å²) in [6.07, 6.45) is 0. The normalized spacial score (nSPS) is 3.00. The summed E-state index contributed by atoms with van der Waals surface area (Å²) in [4.78, 5) is 0. The van der Waals surface area contributed by atoms with Crippen molar-refractivity contribution >= 4 is 48.9 Å². The molecule has 0 aromatic rings. The summed E-state index contributed by atoms with van der Waals surface area (Å²) in [5.41, 5.74) is 0. The van der Waals surface area contributed by atoms with E-state index in [9.17, 15) is 0 Å². The Balaban J connectivity index is 0. The third kappa shape index (κ3) is 25.3. The van der Waals surface area contributed by atoms with E-state index in [0.717, 1.165) is 0 Å². The third-order valence-electron chi connectivity index (χ3n) is 0. The van der Waals surface area contributed by atoms with Crippen LogP contribution < -0.4 is 0 Å². The van der Waals surface area contributed by atoms with Crippen molar-refractivity contribution in [1.29, 1.82) is 0 Å². The molecular weight excluding hydrogens is 277 g/mol. The molecule has 5 heavy (non-hydrogen) atoms. The van der Waals surface area contributed by atoms with E-state index >= 15 is 0 Å². The summed E-state index contributed by atoms with van der Waals surface area (Å²) >= 11 is -4.29. The molecule has 3 nitrogen and oxygen atoms in total. The van der Waals surface area contributed by atoms with Gasteiger partial charge in [0.15, 0.2) is 0 Å². The second-order valence-electron chi connectivity index (χ2n) is 0.250. The fourth-order valence-corrected chi connectivity index (χ4v) is 0. The Kier molecular flexibility index (Phi) is 11.7. The van der Waals surface area contributed by atoms with Crippen molar-refractivity contribution in [3.05, 3.63) is 0 Å². The molecule has 0 aliphatic rings. The molecule has 0 aliphatic heterocycles. The molecule has 0 aromatic carbocycles. The van der Waals surface area contributed by atoms with E-state index in [0.29, 0.717) is 0 Å². The van der Waals surface area contributed by atoms with Gasteiger partial charge < -0.3 is 0 Å². The molecule has 0 spiro atoms. The van der Waals surface area contributed by atoms with Crippen LogP contribution in [0, 0.1) is 0 Å².